The zero-order valence-corrected chi connectivity index (χ0v) is 22.9. The fourth-order valence-electron chi connectivity index (χ4n) is 5.04. The second-order valence-corrected chi connectivity index (χ2v) is 11.1. The molecule has 0 bridgehead atoms. The van der Waals surface area contributed by atoms with E-state index in [-0.39, 0.29) is 31.5 Å². The van der Waals surface area contributed by atoms with Crippen LogP contribution in [0, 0.1) is 5.92 Å². The molecule has 204 valence electrons. The Balaban J connectivity index is 1.40. The van der Waals surface area contributed by atoms with Crippen molar-refractivity contribution in [3.63, 3.8) is 0 Å². The van der Waals surface area contributed by atoms with Gasteiger partial charge in [0.1, 0.15) is 5.82 Å². The van der Waals surface area contributed by atoms with Gasteiger partial charge in [-0.15, -0.1) is 0 Å². The standard InChI is InChI=1S/C26H27Cl3F3N5O/c1-36-22-11-21(37-8-2-3-15(13-37)26(30,31)32)18(28)10-20(22)35-23(36)9-16-17(27)5-4-14(24(16)29)12-34-25(38)19-6-7-33-19/h4-5,10-11,15,19,33H,2-3,6-9,12-13H2,1H3,(H,34,38). The smallest absolute Gasteiger partial charge is 0.370 e. The van der Waals surface area contributed by atoms with Crippen LogP contribution in [0.1, 0.15) is 36.2 Å². The average Bonchev–Trinajstić information content (AvgIpc) is 3.13. The number of fused-ring (bicyclic) bond motifs is 1. The van der Waals surface area contributed by atoms with Crippen molar-refractivity contribution in [1.29, 1.82) is 0 Å². The molecule has 2 unspecified atom stereocenters. The summed E-state index contributed by atoms with van der Waals surface area (Å²) in [4.78, 5) is 18.6. The van der Waals surface area contributed by atoms with Crippen molar-refractivity contribution >= 4 is 57.4 Å². The number of alkyl halides is 3. The SMILES string of the molecule is Cn1c(Cc2c(Cl)ccc(CNC(=O)C3CCN3)c2Cl)nc2cc(Cl)c(N3CCCC(C(F)(F)F)C3)cc21. The molecule has 2 fully saturated rings. The summed E-state index contributed by atoms with van der Waals surface area (Å²) in [7, 11) is 1.84. The van der Waals surface area contributed by atoms with E-state index in [4.69, 9.17) is 39.8 Å². The van der Waals surface area contributed by atoms with Crippen LogP contribution in [0.3, 0.4) is 0 Å². The molecule has 12 heteroatoms. The second-order valence-electron chi connectivity index (χ2n) is 9.90. The highest BCUT2D eigenvalue weighted by Gasteiger charge is 2.42. The topological polar surface area (TPSA) is 62.2 Å². The quantitative estimate of drug-likeness (QED) is 0.378. The van der Waals surface area contributed by atoms with Crippen LogP contribution in [0.5, 0.6) is 0 Å². The number of carbonyl (C=O) groups is 1. The Hall–Kier alpha value is -2.20. The first-order chi connectivity index (χ1) is 18.0. The number of piperidine rings is 1. The van der Waals surface area contributed by atoms with Gasteiger partial charge in [0.2, 0.25) is 5.91 Å². The monoisotopic (exact) mass is 587 g/mol. The molecule has 2 saturated heterocycles. The van der Waals surface area contributed by atoms with Crippen LogP contribution in [0.2, 0.25) is 15.1 Å². The van der Waals surface area contributed by atoms with Crippen LogP contribution >= 0.6 is 34.8 Å². The number of hydrogen-bond acceptors (Lipinski definition) is 4. The molecule has 5 rings (SSSR count). The third-order valence-corrected chi connectivity index (χ3v) is 8.59. The van der Waals surface area contributed by atoms with Crippen molar-refractivity contribution in [2.45, 2.75) is 44.4 Å². The van der Waals surface area contributed by atoms with Crippen molar-refractivity contribution in [1.82, 2.24) is 20.2 Å². The zero-order chi connectivity index (χ0) is 27.2. The van der Waals surface area contributed by atoms with Crippen molar-refractivity contribution in [2.24, 2.45) is 13.0 Å². The van der Waals surface area contributed by atoms with Crippen LogP contribution < -0.4 is 15.5 Å². The minimum absolute atomic E-state index is 0.0675. The Morgan fingerprint density at radius 2 is 1.95 bits per heavy atom. The summed E-state index contributed by atoms with van der Waals surface area (Å²) < 4.78 is 42.0. The molecule has 2 aromatic carbocycles. The summed E-state index contributed by atoms with van der Waals surface area (Å²) in [6.45, 7) is 1.50. The molecule has 38 heavy (non-hydrogen) atoms. The molecule has 0 saturated carbocycles. The fraction of sp³-hybridized carbons (Fsp3) is 0.462. The summed E-state index contributed by atoms with van der Waals surface area (Å²) in [6.07, 6.45) is -2.54. The summed E-state index contributed by atoms with van der Waals surface area (Å²) >= 11 is 19.8. The average molecular weight is 589 g/mol. The van der Waals surface area contributed by atoms with Gasteiger partial charge in [0.05, 0.1) is 38.7 Å². The molecule has 6 nitrogen and oxygen atoms in total. The van der Waals surface area contributed by atoms with Crippen LogP contribution in [-0.2, 0) is 24.8 Å². The van der Waals surface area contributed by atoms with E-state index in [0.717, 1.165) is 24.0 Å². The highest BCUT2D eigenvalue weighted by atomic mass is 35.5. The van der Waals surface area contributed by atoms with Gasteiger partial charge in [0.15, 0.2) is 0 Å². The van der Waals surface area contributed by atoms with Crippen LogP contribution in [-0.4, -0.2) is 47.3 Å². The number of carbonyl (C=O) groups excluding carboxylic acids is 1. The molecular formula is C26H27Cl3F3N5O. The van der Waals surface area contributed by atoms with Gasteiger partial charge in [0, 0.05) is 38.1 Å². The number of halogens is 6. The molecule has 1 aromatic heterocycles. The molecule has 3 aromatic rings. The van der Waals surface area contributed by atoms with E-state index in [1.165, 1.54) is 0 Å². The van der Waals surface area contributed by atoms with Crippen LogP contribution in [0.25, 0.3) is 11.0 Å². The Morgan fingerprint density at radius 3 is 2.63 bits per heavy atom. The minimum atomic E-state index is -4.24. The largest absolute Gasteiger partial charge is 0.393 e. The Labute approximate surface area is 233 Å². The van der Waals surface area contributed by atoms with E-state index in [1.54, 1.807) is 29.2 Å². The summed E-state index contributed by atoms with van der Waals surface area (Å²) in [5.41, 5.74) is 3.36. The van der Waals surface area contributed by atoms with E-state index in [0.29, 0.717) is 57.0 Å². The first-order valence-corrected chi connectivity index (χ1v) is 13.6. The van der Waals surface area contributed by atoms with Gasteiger partial charge in [-0.1, -0.05) is 40.9 Å². The molecule has 0 aliphatic carbocycles. The predicted molar refractivity (Wildman–Crippen MR) is 144 cm³/mol. The van der Waals surface area contributed by atoms with E-state index < -0.39 is 12.1 Å². The summed E-state index contributed by atoms with van der Waals surface area (Å²) in [5.74, 6) is -0.776. The molecule has 2 atom stereocenters. The lowest BCUT2D eigenvalue weighted by Gasteiger charge is -2.35. The second kappa shape index (κ2) is 10.8. The van der Waals surface area contributed by atoms with Crippen molar-refractivity contribution in [3.05, 3.63) is 56.3 Å². The number of aryl methyl sites for hydroxylation is 1. The third kappa shape index (κ3) is 5.43. The molecule has 3 heterocycles. The van der Waals surface area contributed by atoms with Gasteiger partial charge in [-0.3, -0.25) is 4.79 Å². The minimum Gasteiger partial charge on any atom is -0.370 e. The zero-order valence-electron chi connectivity index (χ0n) is 20.6. The van der Waals surface area contributed by atoms with Gasteiger partial charge >= 0.3 is 6.18 Å². The van der Waals surface area contributed by atoms with Crippen molar-refractivity contribution < 1.29 is 18.0 Å². The maximum absolute atomic E-state index is 13.4. The van der Waals surface area contributed by atoms with E-state index >= 15 is 0 Å². The van der Waals surface area contributed by atoms with E-state index in [1.807, 2.05) is 11.6 Å². The van der Waals surface area contributed by atoms with Gasteiger partial charge in [-0.05, 0) is 55.1 Å². The van der Waals surface area contributed by atoms with E-state index in [2.05, 4.69) is 10.6 Å². The number of benzene rings is 2. The first kappa shape index (κ1) is 27.4. The lowest BCUT2D eigenvalue weighted by Crippen LogP contribution is -2.52. The summed E-state index contributed by atoms with van der Waals surface area (Å²) in [6, 6.07) is 6.86. The van der Waals surface area contributed by atoms with Crippen molar-refractivity contribution in [2.75, 3.05) is 24.5 Å². The summed E-state index contributed by atoms with van der Waals surface area (Å²) in [5, 5.41) is 7.26. The normalized spacial score (nSPS) is 20.0. The fourth-order valence-corrected chi connectivity index (χ4v) is 5.88. The van der Waals surface area contributed by atoms with Crippen molar-refractivity contribution in [3.8, 4) is 0 Å². The first-order valence-electron chi connectivity index (χ1n) is 12.5. The van der Waals surface area contributed by atoms with Gasteiger partial charge in [0.25, 0.3) is 0 Å². The number of imidazole rings is 1. The number of aromatic nitrogens is 2. The highest BCUT2D eigenvalue weighted by Crippen LogP contribution is 2.39. The van der Waals surface area contributed by atoms with Gasteiger partial charge < -0.3 is 20.1 Å². The van der Waals surface area contributed by atoms with Gasteiger partial charge in [-0.25, -0.2) is 4.98 Å². The number of anilines is 1. The number of amides is 1. The lowest BCUT2D eigenvalue weighted by molar-refractivity contribution is -0.176. The Morgan fingerprint density at radius 1 is 1.18 bits per heavy atom. The molecular weight excluding hydrogens is 562 g/mol. The molecule has 1 amide bonds. The van der Waals surface area contributed by atoms with Crippen LogP contribution in [0.4, 0.5) is 18.9 Å². The number of nitrogens with one attached hydrogen (secondary N) is 2. The molecule has 2 aliphatic rings. The molecule has 0 spiro atoms. The van der Waals surface area contributed by atoms with E-state index in [9.17, 15) is 18.0 Å². The predicted octanol–water partition coefficient (Wildman–Crippen LogP) is 5.88. The van der Waals surface area contributed by atoms with Gasteiger partial charge in [-0.2, -0.15) is 13.2 Å². The maximum atomic E-state index is 13.4. The Bertz CT molecular complexity index is 1370. The number of hydrogen-bond donors (Lipinski definition) is 2. The molecule has 0 radical (unpaired) electrons. The highest BCUT2D eigenvalue weighted by molar-refractivity contribution is 6.36. The Kier molecular flexibility index (Phi) is 7.75. The lowest BCUT2D eigenvalue weighted by atomic mass is 9.97. The molecule has 2 N–H and O–H groups in total. The van der Waals surface area contributed by atoms with Crippen LogP contribution in [0.15, 0.2) is 24.3 Å². The third-order valence-electron chi connectivity index (χ3n) is 7.46. The maximum Gasteiger partial charge on any atom is 0.393 e. The molecule has 2 aliphatic heterocycles. The number of rotatable bonds is 6. The number of nitrogens with zero attached hydrogens (tertiary/aromatic N) is 3.